The van der Waals surface area contributed by atoms with Crippen LogP contribution in [-0.4, -0.2) is 18.4 Å². The average molecular weight is 329 g/mol. The van der Waals surface area contributed by atoms with Crippen molar-refractivity contribution in [3.05, 3.63) is 59.1 Å². The second-order valence-electron chi connectivity index (χ2n) is 5.55. The molecule has 1 N–H and O–H groups in total. The molecule has 1 aliphatic rings. The van der Waals surface area contributed by atoms with Crippen molar-refractivity contribution in [2.24, 2.45) is 0 Å². The summed E-state index contributed by atoms with van der Waals surface area (Å²) in [5, 5.41) is 3.52. The van der Waals surface area contributed by atoms with Gasteiger partial charge in [-0.15, -0.1) is 0 Å². The van der Waals surface area contributed by atoms with Gasteiger partial charge in [-0.25, -0.2) is 0 Å². The number of nitrogens with zero attached hydrogens (tertiary/aromatic N) is 1. The molecule has 0 aromatic heterocycles. The maximum atomic E-state index is 12.1. The molecule has 4 nitrogen and oxygen atoms in total. The predicted molar refractivity (Wildman–Crippen MR) is 91.8 cm³/mol. The van der Waals surface area contributed by atoms with Crippen molar-refractivity contribution in [1.29, 1.82) is 0 Å². The highest BCUT2D eigenvalue weighted by Crippen LogP contribution is 2.24. The van der Waals surface area contributed by atoms with Gasteiger partial charge in [0.05, 0.1) is 6.42 Å². The molecule has 0 spiro atoms. The molecule has 0 aliphatic carbocycles. The number of carbonyl (C=O) groups is 2. The summed E-state index contributed by atoms with van der Waals surface area (Å²) >= 11 is 5.84. The number of anilines is 2. The van der Waals surface area contributed by atoms with E-state index in [4.69, 9.17) is 11.6 Å². The van der Waals surface area contributed by atoms with E-state index in [2.05, 4.69) is 5.32 Å². The fourth-order valence-electron chi connectivity index (χ4n) is 2.67. The van der Waals surface area contributed by atoms with Gasteiger partial charge in [-0.3, -0.25) is 9.59 Å². The molecule has 5 heteroatoms. The summed E-state index contributed by atoms with van der Waals surface area (Å²) in [6, 6.07) is 14.6. The fourth-order valence-corrected chi connectivity index (χ4v) is 2.79. The van der Waals surface area contributed by atoms with E-state index in [0.717, 1.165) is 24.2 Å². The molecule has 118 valence electrons. The number of hydrogen-bond acceptors (Lipinski definition) is 2. The highest BCUT2D eigenvalue weighted by Gasteiger charge is 2.21. The standard InChI is InChI=1S/C18H17ClN2O2/c19-14-8-6-13(7-9-14)11-17(22)20-15-3-1-4-16(12-15)21-10-2-5-18(21)23/h1,3-4,6-9,12H,2,5,10-11H2,(H,20,22). The molecule has 3 rings (SSSR count). The van der Waals surface area contributed by atoms with Crippen LogP contribution in [0.5, 0.6) is 0 Å². The summed E-state index contributed by atoms with van der Waals surface area (Å²) in [5.74, 6) is 0.0341. The van der Waals surface area contributed by atoms with E-state index in [1.165, 1.54) is 0 Å². The zero-order chi connectivity index (χ0) is 16.2. The molecule has 2 amide bonds. The first-order valence-corrected chi connectivity index (χ1v) is 7.94. The normalized spacial score (nSPS) is 14.1. The Morgan fingerprint density at radius 1 is 1.17 bits per heavy atom. The number of hydrogen-bond donors (Lipinski definition) is 1. The summed E-state index contributed by atoms with van der Waals surface area (Å²) in [6.07, 6.45) is 1.75. The van der Waals surface area contributed by atoms with Crippen LogP contribution in [-0.2, 0) is 16.0 Å². The topological polar surface area (TPSA) is 49.4 Å². The van der Waals surface area contributed by atoms with Crippen molar-refractivity contribution in [1.82, 2.24) is 0 Å². The third-order valence-electron chi connectivity index (χ3n) is 3.79. The lowest BCUT2D eigenvalue weighted by molar-refractivity contribution is -0.117. The zero-order valence-corrected chi connectivity index (χ0v) is 13.3. The number of halogens is 1. The van der Waals surface area contributed by atoms with Gasteiger partial charge >= 0.3 is 0 Å². The summed E-state index contributed by atoms with van der Waals surface area (Å²) in [7, 11) is 0. The van der Waals surface area contributed by atoms with Crippen molar-refractivity contribution in [2.45, 2.75) is 19.3 Å². The molecule has 1 saturated heterocycles. The van der Waals surface area contributed by atoms with Crippen LogP contribution in [0.25, 0.3) is 0 Å². The molecule has 0 atom stereocenters. The predicted octanol–water partition coefficient (Wildman–Crippen LogP) is 3.65. The van der Waals surface area contributed by atoms with Crippen molar-refractivity contribution >= 4 is 34.8 Å². The van der Waals surface area contributed by atoms with Gasteiger partial charge in [0.15, 0.2) is 0 Å². The van der Waals surface area contributed by atoms with Gasteiger partial charge in [0, 0.05) is 29.4 Å². The van der Waals surface area contributed by atoms with Gasteiger partial charge in [-0.05, 0) is 42.3 Å². The van der Waals surface area contributed by atoms with E-state index in [0.29, 0.717) is 17.1 Å². The van der Waals surface area contributed by atoms with E-state index in [9.17, 15) is 9.59 Å². The largest absolute Gasteiger partial charge is 0.326 e. The van der Waals surface area contributed by atoms with Gasteiger partial charge in [-0.1, -0.05) is 29.8 Å². The van der Waals surface area contributed by atoms with E-state index < -0.39 is 0 Å². The van der Waals surface area contributed by atoms with Crippen molar-refractivity contribution in [3.63, 3.8) is 0 Å². The minimum absolute atomic E-state index is 0.0998. The summed E-state index contributed by atoms with van der Waals surface area (Å²) < 4.78 is 0. The van der Waals surface area contributed by atoms with Gasteiger partial charge in [0.2, 0.25) is 11.8 Å². The average Bonchev–Trinajstić information content (AvgIpc) is 2.96. The lowest BCUT2D eigenvalue weighted by Gasteiger charge is -2.16. The molecule has 2 aromatic carbocycles. The summed E-state index contributed by atoms with van der Waals surface area (Å²) in [5.41, 5.74) is 2.43. The van der Waals surface area contributed by atoms with Gasteiger partial charge in [0.25, 0.3) is 0 Å². The second-order valence-corrected chi connectivity index (χ2v) is 5.99. The van der Waals surface area contributed by atoms with E-state index >= 15 is 0 Å². The smallest absolute Gasteiger partial charge is 0.228 e. The number of carbonyl (C=O) groups excluding carboxylic acids is 2. The minimum atomic E-state index is -0.0998. The van der Waals surface area contributed by atoms with Crippen LogP contribution in [0.4, 0.5) is 11.4 Å². The van der Waals surface area contributed by atoms with Gasteiger partial charge in [0.1, 0.15) is 0 Å². The molecule has 0 unspecified atom stereocenters. The maximum absolute atomic E-state index is 12.1. The molecule has 1 fully saturated rings. The summed E-state index contributed by atoms with van der Waals surface area (Å²) in [4.78, 5) is 25.7. The molecule has 0 bridgehead atoms. The molecule has 0 radical (unpaired) electrons. The molecule has 2 aromatic rings. The minimum Gasteiger partial charge on any atom is -0.326 e. The van der Waals surface area contributed by atoms with E-state index in [1.54, 1.807) is 17.0 Å². The molecule has 0 saturated carbocycles. The first-order chi connectivity index (χ1) is 11.1. The highest BCUT2D eigenvalue weighted by atomic mass is 35.5. The second kappa shape index (κ2) is 6.84. The van der Waals surface area contributed by atoms with E-state index in [1.807, 2.05) is 36.4 Å². The molecule has 23 heavy (non-hydrogen) atoms. The SMILES string of the molecule is O=C(Cc1ccc(Cl)cc1)Nc1cccc(N2CCCC2=O)c1. The van der Waals surface area contributed by atoms with Crippen LogP contribution in [0.1, 0.15) is 18.4 Å². The molecule has 1 heterocycles. The lowest BCUT2D eigenvalue weighted by Crippen LogP contribution is -2.23. The van der Waals surface area contributed by atoms with Crippen LogP contribution in [0.3, 0.4) is 0 Å². The van der Waals surface area contributed by atoms with Crippen molar-refractivity contribution < 1.29 is 9.59 Å². The van der Waals surface area contributed by atoms with Crippen LogP contribution in [0, 0.1) is 0 Å². The van der Waals surface area contributed by atoms with Crippen LogP contribution < -0.4 is 10.2 Å². The van der Waals surface area contributed by atoms with Crippen molar-refractivity contribution in [3.8, 4) is 0 Å². The monoisotopic (exact) mass is 328 g/mol. The number of rotatable bonds is 4. The number of nitrogens with one attached hydrogen (secondary N) is 1. The first-order valence-electron chi connectivity index (χ1n) is 7.56. The van der Waals surface area contributed by atoms with Crippen LogP contribution in [0.2, 0.25) is 5.02 Å². The molecule has 1 aliphatic heterocycles. The fraction of sp³-hybridized carbons (Fsp3) is 0.222. The molecular weight excluding hydrogens is 312 g/mol. The van der Waals surface area contributed by atoms with Crippen LogP contribution >= 0.6 is 11.6 Å². The Labute approximate surface area is 140 Å². The van der Waals surface area contributed by atoms with Crippen molar-refractivity contribution in [2.75, 3.05) is 16.8 Å². The zero-order valence-electron chi connectivity index (χ0n) is 12.6. The van der Waals surface area contributed by atoms with Gasteiger partial charge < -0.3 is 10.2 Å². The lowest BCUT2D eigenvalue weighted by atomic mass is 10.1. The first kappa shape index (κ1) is 15.6. The Hall–Kier alpha value is -2.33. The highest BCUT2D eigenvalue weighted by molar-refractivity contribution is 6.30. The van der Waals surface area contributed by atoms with Gasteiger partial charge in [-0.2, -0.15) is 0 Å². The number of benzene rings is 2. The Morgan fingerprint density at radius 2 is 1.96 bits per heavy atom. The van der Waals surface area contributed by atoms with E-state index in [-0.39, 0.29) is 18.2 Å². The Balaban J connectivity index is 1.66. The molecular formula is C18H17ClN2O2. The summed E-state index contributed by atoms with van der Waals surface area (Å²) in [6.45, 7) is 0.737. The Morgan fingerprint density at radius 3 is 2.65 bits per heavy atom. The maximum Gasteiger partial charge on any atom is 0.228 e. The third kappa shape index (κ3) is 3.90. The quantitative estimate of drug-likeness (QED) is 0.931. The van der Waals surface area contributed by atoms with Crippen LogP contribution in [0.15, 0.2) is 48.5 Å². The third-order valence-corrected chi connectivity index (χ3v) is 4.04. The number of amides is 2. The Bertz CT molecular complexity index is 728. The Kier molecular flexibility index (Phi) is 4.63.